The van der Waals surface area contributed by atoms with Crippen LogP contribution in [-0.2, 0) is 35.5 Å². The van der Waals surface area contributed by atoms with Crippen LogP contribution in [0.15, 0.2) is 53.5 Å². The van der Waals surface area contributed by atoms with Crippen LogP contribution < -0.4 is 10.7 Å². The summed E-state index contributed by atoms with van der Waals surface area (Å²) in [5.74, 6) is -0.166. The molecular weight excluding hydrogens is 524 g/mol. The minimum absolute atomic E-state index is 0.0464. The van der Waals surface area contributed by atoms with Crippen molar-refractivity contribution >= 4 is 33.8 Å². The number of carbonyl (C=O) groups is 1. The zero-order chi connectivity index (χ0) is 27.5. The molecule has 2 aromatic carbocycles. The number of morpholine rings is 1. The van der Waals surface area contributed by atoms with E-state index in [2.05, 4.69) is 31.7 Å². The van der Waals surface area contributed by atoms with Gasteiger partial charge in [0.25, 0.3) is 0 Å². The number of nitrogens with one attached hydrogen (secondary N) is 1. The summed E-state index contributed by atoms with van der Waals surface area (Å²) in [5, 5.41) is 5.43. The Hall–Kier alpha value is -2.97. The first-order valence-corrected chi connectivity index (χ1v) is 14.9. The van der Waals surface area contributed by atoms with E-state index in [9.17, 15) is 9.59 Å². The average molecular weight is 561 g/mol. The van der Waals surface area contributed by atoms with E-state index in [0.717, 1.165) is 80.9 Å². The van der Waals surface area contributed by atoms with Gasteiger partial charge in [-0.2, -0.15) is 0 Å². The molecule has 1 amide bonds. The number of pyridine rings is 1. The van der Waals surface area contributed by atoms with Gasteiger partial charge in [-0.05, 0) is 67.4 Å². The predicted molar refractivity (Wildman–Crippen MR) is 159 cm³/mol. The Balaban J connectivity index is 1.30. The minimum Gasteiger partial charge on any atom is -0.379 e. The summed E-state index contributed by atoms with van der Waals surface area (Å²) in [6, 6.07) is 13.9. The van der Waals surface area contributed by atoms with Gasteiger partial charge >= 0.3 is 0 Å². The molecule has 7 nitrogen and oxygen atoms in total. The summed E-state index contributed by atoms with van der Waals surface area (Å²) >= 11 is 5.98. The molecule has 2 aromatic heterocycles. The van der Waals surface area contributed by atoms with Crippen molar-refractivity contribution in [2.75, 3.05) is 45.9 Å². The van der Waals surface area contributed by atoms with Gasteiger partial charge in [0.15, 0.2) is 5.43 Å². The van der Waals surface area contributed by atoms with E-state index in [4.69, 9.17) is 16.3 Å². The molecule has 2 aliphatic rings. The topological polar surface area (TPSA) is 66.3 Å². The highest BCUT2D eigenvalue weighted by molar-refractivity contribution is 6.30. The first kappa shape index (κ1) is 27.2. The van der Waals surface area contributed by atoms with Crippen LogP contribution in [0.4, 0.5) is 0 Å². The van der Waals surface area contributed by atoms with Gasteiger partial charge in [0.2, 0.25) is 5.91 Å². The van der Waals surface area contributed by atoms with Crippen molar-refractivity contribution in [2.24, 2.45) is 0 Å². The van der Waals surface area contributed by atoms with Gasteiger partial charge < -0.3 is 19.4 Å². The number of hydrogen-bond acceptors (Lipinski definition) is 5. The molecule has 40 heavy (non-hydrogen) atoms. The van der Waals surface area contributed by atoms with Crippen LogP contribution in [0.1, 0.15) is 41.6 Å². The van der Waals surface area contributed by atoms with E-state index in [1.54, 1.807) is 0 Å². The number of piperidine rings is 1. The number of ether oxygens (including phenoxy) is 1. The Morgan fingerprint density at radius 3 is 2.48 bits per heavy atom. The standard InChI is InChI=1S/C32H37ClN4O3/c33-27-6-4-23(5-7-27)20-34-30(38)19-26-22-37-28(8-11-35-9-2-1-3-10-35)18-25-16-24(17-29(31(25)37)32(26)39)21-36-12-14-40-15-13-36/h4-7,16-18,22H,1-3,8-15,19-21H2,(H,34,38). The Morgan fingerprint density at radius 1 is 0.925 bits per heavy atom. The molecule has 2 fully saturated rings. The fourth-order valence-corrected chi connectivity index (χ4v) is 6.25. The van der Waals surface area contributed by atoms with Crippen molar-refractivity contribution in [1.82, 2.24) is 19.5 Å². The molecule has 0 bridgehead atoms. The Morgan fingerprint density at radius 2 is 1.70 bits per heavy atom. The third-order valence-corrected chi connectivity index (χ3v) is 8.54. The van der Waals surface area contributed by atoms with E-state index in [1.165, 1.54) is 25.0 Å². The lowest BCUT2D eigenvalue weighted by Crippen LogP contribution is -2.35. The van der Waals surface area contributed by atoms with Crippen molar-refractivity contribution < 1.29 is 9.53 Å². The van der Waals surface area contributed by atoms with E-state index in [1.807, 2.05) is 36.5 Å². The molecule has 0 aliphatic carbocycles. The van der Waals surface area contributed by atoms with Crippen molar-refractivity contribution in [3.63, 3.8) is 0 Å². The molecule has 0 spiro atoms. The Bertz CT molecular complexity index is 1520. The maximum Gasteiger partial charge on any atom is 0.224 e. The molecule has 2 saturated heterocycles. The van der Waals surface area contributed by atoms with Gasteiger partial charge in [-0.1, -0.05) is 30.2 Å². The lowest BCUT2D eigenvalue weighted by molar-refractivity contribution is -0.120. The maximum atomic E-state index is 13.8. The number of benzene rings is 2. The van der Waals surface area contributed by atoms with E-state index >= 15 is 0 Å². The van der Waals surface area contributed by atoms with Crippen molar-refractivity contribution in [1.29, 1.82) is 0 Å². The number of halogens is 1. The van der Waals surface area contributed by atoms with Crippen LogP contribution >= 0.6 is 11.6 Å². The number of amides is 1. The fraction of sp³-hybridized carbons (Fsp3) is 0.438. The van der Waals surface area contributed by atoms with Gasteiger partial charge in [0.05, 0.1) is 25.2 Å². The molecular formula is C32H37ClN4O3. The number of likely N-dealkylation sites (tertiary alicyclic amines) is 1. The lowest BCUT2D eigenvalue weighted by atomic mass is 10.0. The summed E-state index contributed by atoms with van der Waals surface area (Å²) < 4.78 is 7.70. The number of carbonyl (C=O) groups excluding carboxylic acids is 1. The van der Waals surface area contributed by atoms with Crippen LogP contribution in [0.5, 0.6) is 0 Å². The highest BCUT2D eigenvalue weighted by Crippen LogP contribution is 2.27. The molecule has 8 heteroatoms. The lowest BCUT2D eigenvalue weighted by Gasteiger charge is -2.26. The highest BCUT2D eigenvalue weighted by atomic mass is 35.5. The Kier molecular flexibility index (Phi) is 8.35. The van der Waals surface area contributed by atoms with Gasteiger partial charge in [0.1, 0.15) is 0 Å². The summed E-state index contributed by atoms with van der Waals surface area (Å²) in [6.45, 7) is 7.76. The van der Waals surface area contributed by atoms with Gasteiger partial charge in [-0.15, -0.1) is 0 Å². The van der Waals surface area contributed by atoms with E-state index in [-0.39, 0.29) is 17.8 Å². The summed E-state index contributed by atoms with van der Waals surface area (Å²) in [6.07, 6.45) is 6.72. The Labute approximate surface area is 240 Å². The number of rotatable bonds is 9. The number of nitrogens with zero attached hydrogens (tertiary/aromatic N) is 3. The number of hydrogen-bond donors (Lipinski definition) is 1. The molecule has 4 aromatic rings. The highest BCUT2D eigenvalue weighted by Gasteiger charge is 2.20. The average Bonchev–Trinajstić information content (AvgIpc) is 3.32. The van der Waals surface area contributed by atoms with Crippen molar-refractivity contribution in [3.8, 4) is 0 Å². The smallest absolute Gasteiger partial charge is 0.224 e. The van der Waals surface area contributed by atoms with Crippen LogP contribution in [0, 0.1) is 0 Å². The molecule has 0 atom stereocenters. The summed E-state index contributed by atoms with van der Waals surface area (Å²) in [7, 11) is 0. The first-order valence-electron chi connectivity index (χ1n) is 14.5. The molecule has 0 saturated carbocycles. The van der Waals surface area contributed by atoms with Crippen LogP contribution in [0.2, 0.25) is 5.02 Å². The molecule has 2 aliphatic heterocycles. The minimum atomic E-state index is -0.166. The van der Waals surface area contributed by atoms with Gasteiger partial charge in [-0.25, -0.2) is 0 Å². The van der Waals surface area contributed by atoms with E-state index < -0.39 is 0 Å². The second kappa shape index (κ2) is 12.3. The molecule has 0 unspecified atom stereocenters. The van der Waals surface area contributed by atoms with Gasteiger partial charge in [-0.3, -0.25) is 14.5 Å². The molecule has 210 valence electrons. The van der Waals surface area contributed by atoms with Crippen LogP contribution in [0.3, 0.4) is 0 Å². The van der Waals surface area contributed by atoms with Crippen LogP contribution in [0.25, 0.3) is 16.3 Å². The molecule has 4 heterocycles. The summed E-state index contributed by atoms with van der Waals surface area (Å²) in [5.41, 5.74) is 4.73. The quantitative estimate of drug-likeness (QED) is 0.331. The second-order valence-corrected chi connectivity index (χ2v) is 11.6. The fourth-order valence-electron chi connectivity index (χ4n) is 6.12. The molecule has 1 N–H and O–H groups in total. The second-order valence-electron chi connectivity index (χ2n) is 11.2. The van der Waals surface area contributed by atoms with Crippen molar-refractivity contribution in [2.45, 2.75) is 45.2 Å². The number of aromatic nitrogens is 1. The largest absolute Gasteiger partial charge is 0.379 e. The van der Waals surface area contributed by atoms with Crippen molar-refractivity contribution in [3.05, 3.63) is 86.3 Å². The SMILES string of the molecule is O=C(Cc1cn2c(CCN3CCCCC3)cc3cc(CN4CCOCC4)cc(c1=O)c32)NCc1ccc(Cl)cc1. The molecule has 6 rings (SSSR count). The van der Waals surface area contributed by atoms with E-state index in [0.29, 0.717) is 22.5 Å². The normalized spacial score (nSPS) is 17.1. The monoisotopic (exact) mass is 560 g/mol. The predicted octanol–water partition coefficient (Wildman–Crippen LogP) is 4.26. The first-order chi connectivity index (χ1) is 19.5. The zero-order valence-electron chi connectivity index (χ0n) is 23.0. The maximum absolute atomic E-state index is 13.8. The third-order valence-electron chi connectivity index (χ3n) is 8.29. The third kappa shape index (κ3) is 6.18. The van der Waals surface area contributed by atoms with Crippen LogP contribution in [-0.4, -0.2) is 66.0 Å². The summed E-state index contributed by atoms with van der Waals surface area (Å²) in [4.78, 5) is 31.7. The zero-order valence-corrected chi connectivity index (χ0v) is 23.7. The van der Waals surface area contributed by atoms with Gasteiger partial charge in [0, 0.05) is 72.4 Å². The molecule has 0 radical (unpaired) electrons.